The summed E-state index contributed by atoms with van der Waals surface area (Å²) in [7, 11) is 0. The standard InChI is InChI=1S/C26H38N2O3/c1-10-24(4,5)28(23(31)21-25(6,7)26(21,8)9)19-15-20(29)27(22(19)30)18-13-11-17(12-14-18)16(2)3/h11-14,16,19,21H,10,15H2,1-9H3. The molecule has 1 aliphatic carbocycles. The molecule has 2 aliphatic rings. The van der Waals surface area contributed by atoms with Gasteiger partial charge in [0.2, 0.25) is 11.8 Å². The van der Waals surface area contributed by atoms with Gasteiger partial charge in [-0.2, -0.15) is 0 Å². The van der Waals surface area contributed by atoms with E-state index in [2.05, 4.69) is 41.5 Å². The van der Waals surface area contributed by atoms with Gasteiger partial charge in [-0.1, -0.05) is 60.6 Å². The van der Waals surface area contributed by atoms with Crippen molar-refractivity contribution in [1.82, 2.24) is 4.90 Å². The van der Waals surface area contributed by atoms with E-state index in [0.717, 1.165) is 5.56 Å². The number of amides is 3. The lowest BCUT2D eigenvalue weighted by molar-refractivity contribution is -0.147. The number of carbonyl (C=O) groups is 3. The monoisotopic (exact) mass is 426 g/mol. The van der Waals surface area contributed by atoms with Crippen LogP contribution in [0.4, 0.5) is 5.69 Å². The number of hydrogen-bond donors (Lipinski definition) is 0. The van der Waals surface area contributed by atoms with Gasteiger partial charge in [0.05, 0.1) is 12.1 Å². The molecule has 1 aromatic rings. The Hall–Kier alpha value is -2.17. The van der Waals surface area contributed by atoms with Crippen LogP contribution in [-0.2, 0) is 14.4 Å². The second-order valence-electron chi connectivity index (χ2n) is 11.3. The number of nitrogens with zero attached hydrogens (tertiary/aromatic N) is 2. The summed E-state index contributed by atoms with van der Waals surface area (Å²) in [6.07, 6.45) is 0.737. The number of rotatable bonds is 6. The van der Waals surface area contributed by atoms with Crippen LogP contribution in [0.25, 0.3) is 0 Å². The van der Waals surface area contributed by atoms with Gasteiger partial charge in [0.1, 0.15) is 6.04 Å². The third kappa shape index (κ3) is 3.60. The van der Waals surface area contributed by atoms with Crippen molar-refractivity contribution in [3.8, 4) is 0 Å². The van der Waals surface area contributed by atoms with E-state index in [4.69, 9.17) is 0 Å². The number of anilines is 1. The highest BCUT2D eigenvalue weighted by Crippen LogP contribution is 2.69. The van der Waals surface area contributed by atoms with Crippen molar-refractivity contribution in [1.29, 1.82) is 0 Å². The highest BCUT2D eigenvalue weighted by Gasteiger charge is 2.70. The fourth-order valence-corrected chi connectivity index (χ4v) is 5.09. The summed E-state index contributed by atoms with van der Waals surface area (Å²) in [6, 6.07) is 6.83. The number of imide groups is 1. The Bertz CT molecular complexity index is 882. The van der Waals surface area contributed by atoms with E-state index in [0.29, 0.717) is 18.0 Å². The van der Waals surface area contributed by atoms with Gasteiger partial charge in [-0.05, 0) is 54.7 Å². The molecule has 1 saturated carbocycles. The van der Waals surface area contributed by atoms with Crippen molar-refractivity contribution in [2.45, 2.75) is 92.7 Å². The molecule has 0 aromatic heterocycles. The van der Waals surface area contributed by atoms with E-state index >= 15 is 0 Å². The van der Waals surface area contributed by atoms with Crippen molar-refractivity contribution in [2.75, 3.05) is 4.90 Å². The third-order valence-electron chi connectivity index (χ3n) is 8.27. The predicted molar refractivity (Wildman–Crippen MR) is 124 cm³/mol. The van der Waals surface area contributed by atoms with Crippen LogP contribution in [0, 0.1) is 16.7 Å². The lowest BCUT2D eigenvalue weighted by atomic mass is 9.94. The van der Waals surface area contributed by atoms with Crippen LogP contribution in [0.5, 0.6) is 0 Å². The molecular weight excluding hydrogens is 388 g/mol. The summed E-state index contributed by atoms with van der Waals surface area (Å²) in [5, 5.41) is 0. The molecule has 5 heteroatoms. The molecule has 1 saturated heterocycles. The summed E-state index contributed by atoms with van der Waals surface area (Å²) in [5.41, 5.74) is 0.940. The molecule has 1 aromatic carbocycles. The summed E-state index contributed by atoms with van der Waals surface area (Å²) in [5.74, 6) is -0.339. The molecule has 0 N–H and O–H groups in total. The molecule has 1 atom stereocenters. The van der Waals surface area contributed by atoms with Crippen LogP contribution in [0.3, 0.4) is 0 Å². The normalized spacial score (nSPS) is 22.9. The highest BCUT2D eigenvalue weighted by atomic mass is 16.2. The van der Waals surface area contributed by atoms with Crippen molar-refractivity contribution in [2.24, 2.45) is 16.7 Å². The van der Waals surface area contributed by atoms with Crippen LogP contribution in [0.1, 0.15) is 86.6 Å². The third-order valence-corrected chi connectivity index (χ3v) is 8.27. The molecule has 0 bridgehead atoms. The van der Waals surface area contributed by atoms with Crippen LogP contribution in [0.2, 0.25) is 0 Å². The van der Waals surface area contributed by atoms with Gasteiger partial charge in [-0.25, -0.2) is 4.90 Å². The van der Waals surface area contributed by atoms with Crippen LogP contribution >= 0.6 is 0 Å². The molecule has 1 heterocycles. The maximum Gasteiger partial charge on any atom is 0.257 e. The molecule has 0 spiro atoms. The van der Waals surface area contributed by atoms with Gasteiger partial charge in [0.25, 0.3) is 5.91 Å². The molecule has 2 fully saturated rings. The first-order valence-electron chi connectivity index (χ1n) is 11.5. The summed E-state index contributed by atoms with van der Waals surface area (Å²) < 4.78 is 0. The van der Waals surface area contributed by atoms with Crippen LogP contribution in [0.15, 0.2) is 24.3 Å². The largest absolute Gasteiger partial charge is 0.325 e. The fraction of sp³-hybridized carbons (Fsp3) is 0.654. The van der Waals surface area contributed by atoms with Crippen molar-refractivity contribution in [3.63, 3.8) is 0 Å². The fourth-order valence-electron chi connectivity index (χ4n) is 5.09. The maximum absolute atomic E-state index is 13.8. The quantitative estimate of drug-likeness (QED) is 0.592. The molecule has 3 amide bonds. The Labute approximate surface area is 187 Å². The number of benzene rings is 1. The minimum Gasteiger partial charge on any atom is -0.325 e. The Kier molecular flexibility index (Phi) is 5.65. The second kappa shape index (κ2) is 7.46. The van der Waals surface area contributed by atoms with Gasteiger partial charge in [-0.15, -0.1) is 0 Å². The smallest absolute Gasteiger partial charge is 0.257 e. The van der Waals surface area contributed by atoms with Gasteiger partial charge in [0, 0.05) is 11.5 Å². The SMILES string of the molecule is CCC(C)(C)N(C(=O)C1C(C)(C)C1(C)C)C1CC(=O)N(c2ccc(C(C)C)cc2)C1=O. The Morgan fingerprint density at radius 1 is 1.10 bits per heavy atom. The molecular formula is C26H38N2O3. The topological polar surface area (TPSA) is 57.7 Å². The van der Waals surface area contributed by atoms with E-state index in [-0.39, 0.29) is 40.9 Å². The summed E-state index contributed by atoms with van der Waals surface area (Å²) in [4.78, 5) is 43.3. The molecule has 1 aliphatic heterocycles. The first kappa shape index (κ1) is 23.5. The first-order chi connectivity index (χ1) is 14.2. The second-order valence-corrected chi connectivity index (χ2v) is 11.3. The Balaban J connectivity index is 1.95. The Morgan fingerprint density at radius 2 is 1.61 bits per heavy atom. The van der Waals surface area contributed by atoms with E-state index in [9.17, 15) is 14.4 Å². The lowest BCUT2D eigenvalue weighted by Crippen LogP contribution is -2.56. The average molecular weight is 427 g/mol. The lowest BCUT2D eigenvalue weighted by Gasteiger charge is -2.41. The Morgan fingerprint density at radius 3 is 2.03 bits per heavy atom. The minimum atomic E-state index is -0.757. The van der Waals surface area contributed by atoms with Crippen molar-refractivity contribution < 1.29 is 14.4 Å². The minimum absolute atomic E-state index is 0.00925. The zero-order valence-electron chi connectivity index (χ0n) is 20.6. The molecule has 5 nitrogen and oxygen atoms in total. The summed E-state index contributed by atoms with van der Waals surface area (Å²) in [6.45, 7) is 18.6. The molecule has 3 rings (SSSR count). The van der Waals surface area contributed by atoms with E-state index < -0.39 is 11.6 Å². The number of hydrogen-bond acceptors (Lipinski definition) is 3. The van der Waals surface area contributed by atoms with Crippen LogP contribution < -0.4 is 4.90 Å². The van der Waals surface area contributed by atoms with Crippen molar-refractivity contribution in [3.05, 3.63) is 29.8 Å². The van der Waals surface area contributed by atoms with Gasteiger partial charge < -0.3 is 4.90 Å². The van der Waals surface area contributed by atoms with Crippen molar-refractivity contribution >= 4 is 23.4 Å². The van der Waals surface area contributed by atoms with E-state index in [1.54, 1.807) is 4.90 Å². The predicted octanol–water partition coefficient (Wildman–Crippen LogP) is 5.14. The average Bonchev–Trinajstić information content (AvgIpc) is 2.91. The maximum atomic E-state index is 13.8. The zero-order chi connectivity index (χ0) is 23.5. The van der Waals surface area contributed by atoms with Gasteiger partial charge in [-0.3, -0.25) is 14.4 Å². The van der Waals surface area contributed by atoms with E-state index in [1.165, 1.54) is 4.90 Å². The molecule has 1 unspecified atom stereocenters. The number of carbonyl (C=O) groups excluding carboxylic acids is 3. The molecule has 31 heavy (non-hydrogen) atoms. The zero-order valence-corrected chi connectivity index (χ0v) is 20.6. The van der Waals surface area contributed by atoms with Gasteiger partial charge in [0.15, 0.2) is 0 Å². The highest BCUT2D eigenvalue weighted by molar-refractivity contribution is 6.23. The van der Waals surface area contributed by atoms with E-state index in [1.807, 2.05) is 45.0 Å². The molecule has 0 radical (unpaired) electrons. The van der Waals surface area contributed by atoms with Gasteiger partial charge >= 0.3 is 0 Å². The molecule has 170 valence electrons. The van der Waals surface area contributed by atoms with Crippen LogP contribution in [-0.4, -0.2) is 34.2 Å². The first-order valence-corrected chi connectivity index (χ1v) is 11.5. The summed E-state index contributed by atoms with van der Waals surface area (Å²) >= 11 is 0.